The molecule has 0 unspecified atom stereocenters. The lowest BCUT2D eigenvalue weighted by Crippen LogP contribution is -2.08. The second-order valence-corrected chi connectivity index (χ2v) is 4.22. The first-order chi connectivity index (χ1) is 8.65. The number of hydrogen-bond acceptors (Lipinski definition) is 3. The largest absolute Gasteiger partial charge is 0.465 e. The normalized spacial score (nSPS) is 10.1. The van der Waals surface area contributed by atoms with Crippen LogP contribution >= 0.6 is 0 Å². The fourth-order valence-corrected chi connectivity index (χ4v) is 1.84. The van der Waals surface area contributed by atoms with Crippen LogP contribution in [0.5, 0.6) is 5.75 Å². The SMILES string of the molecule is C=COc1cc2cc(N(C)C)ccc2cc1C=O. The zero-order chi connectivity index (χ0) is 13.1. The summed E-state index contributed by atoms with van der Waals surface area (Å²) in [6.07, 6.45) is 2.11. The summed E-state index contributed by atoms with van der Waals surface area (Å²) >= 11 is 0. The molecule has 0 saturated carbocycles. The molecule has 0 spiro atoms. The van der Waals surface area contributed by atoms with Gasteiger partial charge in [-0.05, 0) is 35.0 Å². The maximum absolute atomic E-state index is 11.0. The maximum Gasteiger partial charge on any atom is 0.153 e. The highest BCUT2D eigenvalue weighted by molar-refractivity contribution is 5.93. The van der Waals surface area contributed by atoms with Crippen molar-refractivity contribution in [3.05, 3.63) is 48.7 Å². The molecule has 92 valence electrons. The van der Waals surface area contributed by atoms with Gasteiger partial charge in [0.2, 0.25) is 0 Å². The van der Waals surface area contributed by atoms with Gasteiger partial charge >= 0.3 is 0 Å². The summed E-state index contributed by atoms with van der Waals surface area (Å²) in [6, 6.07) is 9.74. The molecule has 3 nitrogen and oxygen atoms in total. The van der Waals surface area contributed by atoms with Crippen molar-refractivity contribution in [3.8, 4) is 5.75 Å². The van der Waals surface area contributed by atoms with E-state index in [4.69, 9.17) is 4.74 Å². The standard InChI is InChI=1S/C15H15NO2/c1-4-18-15-9-12-8-14(16(2)3)6-5-11(12)7-13(15)10-17/h4-10H,1H2,2-3H3. The molecule has 0 N–H and O–H groups in total. The van der Waals surface area contributed by atoms with Gasteiger partial charge in [0.25, 0.3) is 0 Å². The highest BCUT2D eigenvalue weighted by Crippen LogP contribution is 2.28. The van der Waals surface area contributed by atoms with Gasteiger partial charge in [0.15, 0.2) is 6.29 Å². The lowest BCUT2D eigenvalue weighted by atomic mass is 10.1. The van der Waals surface area contributed by atoms with E-state index in [0.717, 1.165) is 22.7 Å². The van der Waals surface area contributed by atoms with Gasteiger partial charge in [0.05, 0.1) is 11.8 Å². The van der Waals surface area contributed by atoms with Crippen LogP contribution < -0.4 is 9.64 Å². The number of carbonyl (C=O) groups is 1. The minimum Gasteiger partial charge on any atom is -0.465 e. The third-order valence-electron chi connectivity index (χ3n) is 2.81. The van der Waals surface area contributed by atoms with Crippen molar-refractivity contribution in [2.45, 2.75) is 0 Å². The number of rotatable bonds is 4. The van der Waals surface area contributed by atoms with E-state index in [9.17, 15) is 4.79 Å². The number of nitrogens with zero attached hydrogens (tertiary/aromatic N) is 1. The van der Waals surface area contributed by atoms with E-state index in [1.54, 1.807) is 0 Å². The number of benzene rings is 2. The Kier molecular flexibility index (Phi) is 3.33. The highest BCUT2D eigenvalue weighted by atomic mass is 16.5. The Morgan fingerprint density at radius 1 is 1.17 bits per heavy atom. The fraction of sp³-hybridized carbons (Fsp3) is 0.133. The molecule has 2 aromatic carbocycles. The molecule has 0 aliphatic heterocycles. The van der Waals surface area contributed by atoms with E-state index < -0.39 is 0 Å². The van der Waals surface area contributed by atoms with E-state index in [1.165, 1.54) is 6.26 Å². The highest BCUT2D eigenvalue weighted by Gasteiger charge is 2.06. The Morgan fingerprint density at radius 3 is 2.56 bits per heavy atom. The van der Waals surface area contributed by atoms with E-state index in [1.807, 2.05) is 43.3 Å². The molecular formula is C15H15NO2. The van der Waals surface area contributed by atoms with Crippen LogP contribution in [-0.4, -0.2) is 20.4 Å². The van der Waals surface area contributed by atoms with E-state index in [-0.39, 0.29) is 0 Å². The van der Waals surface area contributed by atoms with Crippen LogP contribution in [0.25, 0.3) is 10.8 Å². The van der Waals surface area contributed by atoms with E-state index in [2.05, 4.69) is 12.6 Å². The molecule has 3 heteroatoms. The second-order valence-electron chi connectivity index (χ2n) is 4.22. The molecular weight excluding hydrogens is 226 g/mol. The Balaban J connectivity index is 2.63. The summed E-state index contributed by atoms with van der Waals surface area (Å²) < 4.78 is 5.26. The number of anilines is 1. The molecule has 2 rings (SSSR count). The Hall–Kier alpha value is -2.29. The van der Waals surface area contributed by atoms with Crippen molar-refractivity contribution >= 4 is 22.7 Å². The summed E-state index contributed by atoms with van der Waals surface area (Å²) in [5, 5.41) is 2.04. The van der Waals surface area contributed by atoms with Crippen LogP contribution in [0.4, 0.5) is 5.69 Å². The quantitative estimate of drug-likeness (QED) is 0.608. The minimum absolute atomic E-state index is 0.528. The summed E-state index contributed by atoms with van der Waals surface area (Å²) in [4.78, 5) is 13.0. The van der Waals surface area contributed by atoms with Gasteiger partial charge < -0.3 is 9.64 Å². The van der Waals surface area contributed by atoms with Crippen molar-refractivity contribution in [2.75, 3.05) is 19.0 Å². The lowest BCUT2D eigenvalue weighted by molar-refractivity contribution is 0.112. The van der Waals surface area contributed by atoms with Gasteiger partial charge in [0.1, 0.15) is 5.75 Å². The lowest BCUT2D eigenvalue weighted by Gasteiger charge is -2.14. The van der Waals surface area contributed by atoms with Crippen LogP contribution in [0.15, 0.2) is 43.2 Å². The molecule has 2 aromatic rings. The van der Waals surface area contributed by atoms with Gasteiger partial charge in [-0.15, -0.1) is 0 Å². The number of fused-ring (bicyclic) bond motifs is 1. The van der Waals surface area contributed by atoms with Crippen LogP contribution in [0.1, 0.15) is 10.4 Å². The van der Waals surface area contributed by atoms with Crippen molar-refractivity contribution < 1.29 is 9.53 Å². The fourth-order valence-electron chi connectivity index (χ4n) is 1.84. The molecule has 0 bridgehead atoms. The molecule has 0 aliphatic rings. The van der Waals surface area contributed by atoms with Gasteiger partial charge in [-0.1, -0.05) is 12.6 Å². The number of ether oxygens (including phenoxy) is 1. The first kappa shape index (κ1) is 12.2. The monoisotopic (exact) mass is 241 g/mol. The maximum atomic E-state index is 11.0. The molecule has 0 amide bonds. The van der Waals surface area contributed by atoms with Gasteiger partial charge in [-0.2, -0.15) is 0 Å². The van der Waals surface area contributed by atoms with E-state index >= 15 is 0 Å². The van der Waals surface area contributed by atoms with Gasteiger partial charge in [0, 0.05) is 19.8 Å². The Labute approximate surface area is 106 Å². The number of aldehydes is 1. The third-order valence-corrected chi connectivity index (χ3v) is 2.81. The van der Waals surface area contributed by atoms with Crippen LogP contribution in [0.2, 0.25) is 0 Å². The summed E-state index contributed by atoms with van der Waals surface area (Å²) in [7, 11) is 3.98. The number of carbonyl (C=O) groups excluding carboxylic acids is 1. The molecule has 18 heavy (non-hydrogen) atoms. The zero-order valence-electron chi connectivity index (χ0n) is 10.5. The summed E-state index contributed by atoms with van der Waals surface area (Å²) in [5.74, 6) is 0.531. The van der Waals surface area contributed by atoms with Crippen molar-refractivity contribution in [2.24, 2.45) is 0 Å². The minimum atomic E-state index is 0.528. The molecule has 0 aromatic heterocycles. The molecule has 0 aliphatic carbocycles. The smallest absolute Gasteiger partial charge is 0.153 e. The predicted octanol–water partition coefficient (Wildman–Crippen LogP) is 3.24. The summed E-state index contributed by atoms with van der Waals surface area (Å²) in [6.45, 7) is 3.51. The van der Waals surface area contributed by atoms with Crippen LogP contribution in [-0.2, 0) is 0 Å². The second kappa shape index (κ2) is 4.92. The Morgan fingerprint density at radius 2 is 1.94 bits per heavy atom. The van der Waals surface area contributed by atoms with Crippen molar-refractivity contribution in [1.29, 1.82) is 0 Å². The van der Waals surface area contributed by atoms with E-state index in [0.29, 0.717) is 11.3 Å². The van der Waals surface area contributed by atoms with Crippen LogP contribution in [0.3, 0.4) is 0 Å². The number of hydrogen-bond donors (Lipinski definition) is 0. The average molecular weight is 241 g/mol. The average Bonchev–Trinajstić information content (AvgIpc) is 2.37. The Bertz CT molecular complexity index is 603. The molecule has 0 saturated heterocycles. The van der Waals surface area contributed by atoms with Crippen molar-refractivity contribution in [3.63, 3.8) is 0 Å². The van der Waals surface area contributed by atoms with Crippen molar-refractivity contribution in [1.82, 2.24) is 0 Å². The predicted molar refractivity (Wildman–Crippen MR) is 74.5 cm³/mol. The molecule has 0 heterocycles. The molecule has 0 fully saturated rings. The summed E-state index contributed by atoms with van der Waals surface area (Å²) in [5.41, 5.74) is 1.63. The molecule has 0 atom stereocenters. The van der Waals surface area contributed by atoms with Crippen LogP contribution in [0, 0.1) is 0 Å². The zero-order valence-corrected chi connectivity index (χ0v) is 10.5. The van der Waals surface area contributed by atoms with Gasteiger partial charge in [-0.25, -0.2) is 0 Å². The molecule has 0 radical (unpaired) electrons. The first-order valence-corrected chi connectivity index (χ1v) is 5.63. The topological polar surface area (TPSA) is 29.5 Å². The first-order valence-electron chi connectivity index (χ1n) is 5.63. The van der Waals surface area contributed by atoms with Gasteiger partial charge in [-0.3, -0.25) is 4.79 Å². The third kappa shape index (κ3) is 2.20.